The zero-order valence-corrected chi connectivity index (χ0v) is 17.5. The fourth-order valence-electron chi connectivity index (χ4n) is 2.32. The summed E-state index contributed by atoms with van der Waals surface area (Å²) in [6.45, 7) is 4.54. The van der Waals surface area contributed by atoms with Gasteiger partial charge in [0, 0.05) is 11.9 Å². The van der Waals surface area contributed by atoms with Crippen molar-refractivity contribution in [2.75, 3.05) is 20.8 Å². The van der Waals surface area contributed by atoms with Gasteiger partial charge in [-0.15, -0.1) is 11.3 Å². The highest BCUT2D eigenvalue weighted by atomic mass is 32.2. The fourth-order valence-corrected chi connectivity index (χ4v) is 4.59. The molecule has 9 heteroatoms. The van der Waals surface area contributed by atoms with Crippen molar-refractivity contribution in [3.63, 3.8) is 0 Å². The van der Waals surface area contributed by atoms with Crippen LogP contribution in [0.5, 0.6) is 5.75 Å². The lowest BCUT2D eigenvalue weighted by Crippen LogP contribution is -2.32. The normalized spacial score (nSPS) is 11.8. The van der Waals surface area contributed by atoms with Crippen molar-refractivity contribution in [2.24, 2.45) is 5.92 Å². The summed E-state index contributed by atoms with van der Waals surface area (Å²) in [6.07, 6.45) is 0.713. The molecule has 7 nitrogen and oxygen atoms in total. The molecule has 2 rings (SSSR count). The number of hydrogen-bond acceptors (Lipinski definition) is 7. The van der Waals surface area contributed by atoms with Gasteiger partial charge in [-0.25, -0.2) is 18.2 Å². The maximum Gasteiger partial charge on any atom is 0.357 e. The van der Waals surface area contributed by atoms with Gasteiger partial charge in [-0.1, -0.05) is 13.8 Å². The number of sulfonamides is 1. The molecule has 0 fully saturated rings. The average molecular weight is 413 g/mol. The third-order valence-corrected chi connectivity index (χ3v) is 6.60. The lowest BCUT2D eigenvalue weighted by molar-refractivity contribution is 0.0594. The molecule has 0 atom stereocenters. The van der Waals surface area contributed by atoms with Crippen LogP contribution in [0.25, 0.3) is 0 Å². The number of benzene rings is 1. The number of ether oxygens (including phenoxy) is 2. The summed E-state index contributed by atoms with van der Waals surface area (Å²) in [6, 6.07) is 6.29. The second-order valence-corrected chi connectivity index (χ2v) is 9.20. The van der Waals surface area contributed by atoms with Crippen LogP contribution >= 0.6 is 11.3 Å². The summed E-state index contributed by atoms with van der Waals surface area (Å²) in [5, 5.41) is 2.11. The van der Waals surface area contributed by atoms with E-state index >= 15 is 0 Å². The quantitative estimate of drug-likeness (QED) is 0.588. The van der Waals surface area contributed by atoms with Crippen LogP contribution in [0.15, 0.2) is 34.5 Å². The lowest BCUT2D eigenvalue weighted by atomic mass is 10.1. The molecule has 0 radical (unpaired) electrons. The van der Waals surface area contributed by atoms with Crippen molar-refractivity contribution in [3.05, 3.63) is 40.3 Å². The fraction of sp³-hybridized carbons (Fsp3) is 0.444. The Labute approximate surface area is 164 Å². The molecule has 0 N–H and O–H groups in total. The summed E-state index contributed by atoms with van der Waals surface area (Å²) in [5.41, 5.74) is 0.183. The molecular weight excluding hydrogens is 388 g/mol. The minimum atomic E-state index is -3.71. The number of carbonyl (C=O) groups is 1. The van der Waals surface area contributed by atoms with Crippen LogP contribution in [0, 0.1) is 5.92 Å². The highest BCUT2D eigenvalue weighted by Crippen LogP contribution is 2.23. The number of nitrogens with zero attached hydrogens (tertiary/aromatic N) is 2. The molecule has 0 aliphatic heterocycles. The number of methoxy groups -OCH3 is 2. The maximum atomic E-state index is 13.1. The van der Waals surface area contributed by atoms with Crippen molar-refractivity contribution in [1.82, 2.24) is 9.29 Å². The van der Waals surface area contributed by atoms with E-state index in [0.717, 1.165) is 0 Å². The molecular formula is C18H24N2O5S2. The molecule has 1 aromatic heterocycles. The van der Waals surface area contributed by atoms with Gasteiger partial charge in [-0.3, -0.25) is 0 Å². The van der Waals surface area contributed by atoms with Gasteiger partial charge in [0.2, 0.25) is 10.0 Å². The van der Waals surface area contributed by atoms with Crippen molar-refractivity contribution in [2.45, 2.75) is 31.7 Å². The van der Waals surface area contributed by atoms with Crippen molar-refractivity contribution in [1.29, 1.82) is 0 Å². The van der Waals surface area contributed by atoms with Gasteiger partial charge < -0.3 is 9.47 Å². The van der Waals surface area contributed by atoms with Gasteiger partial charge >= 0.3 is 5.97 Å². The number of esters is 1. The molecule has 0 unspecified atom stereocenters. The smallest absolute Gasteiger partial charge is 0.357 e. The Balaban J connectivity index is 2.29. The predicted octanol–water partition coefficient (Wildman–Crippen LogP) is 3.18. The highest BCUT2D eigenvalue weighted by Gasteiger charge is 2.26. The van der Waals surface area contributed by atoms with Gasteiger partial charge in [-0.2, -0.15) is 4.31 Å². The second kappa shape index (κ2) is 9.29. The minimum absolute atomic E-state index is 0.0999. The zero-order valence-electron chi connectivity index (χ0n) is 15.8. The number of rotatable bonds is 9. The Kier molecular flexibility index (Phi) is 7.34. The molecule has 1 heterocycles. The van der Waals surface area contributed by atoms with Gasteiger partial charge in [-0.05, 0) is 36.6 Å². The number of carbonyl (C=O) groups excluding carboxylic acids is 1. The standard InChI is InChI=1S/C18H24N2O5S2/c1-13(2)9-10-20(11-17-19-16(12-26-17)18(21)25-4)27(22,23)15-7-5-14(24-3)6-8-15/h5-8,12-13H,9-11H2,1-4H3. The molecule has 0 amide bonds. The third kappa shape index (κ3) is 5.50. The van der Waals surface area contributed by atoms with Gasteiger partial charge in [0.05, 0.1) is 25.7 Å². The Bertz CT molecular complexity index is 860. The van der Waals surface area contributed by atoms with Crippen LogP contribution in [0.2, 0.25) is 0 Å². The van der Waals surface area contributed by atoms with E-state index in [-0.39, 0.29) is 17.1 Å². The largest absolute Gasteiger partial charge is 0.497 e. The molecule has 148 valence electrons. The molecule has 0 saturated carbocycles. The topological polar surface area (TPSA) is 85.8 Å². The van der Waals surface area contributed by atoms with E-state index in [2.05, 4.69) is 9.72 Å². The van der Waals surface area contributed by atoms with Gasteiger partial charge in [0.25, 0.3) is 0 Å². The molecule has 0 bridgehead atoms. The van der Waals surface area contributed by atoms with Gasteiger partial charge in [0.1, 0.15) is 10.8 Å². The van der Waals surface area contributed by atoms with Crippen LogP contribution < -0.4 is 4.74 Å². The van der Waals surface area contributed by atoms with E-state index < -0.39 is 16.0 Å². The molecule has 2 aromatic rings. The van der Waals surface area contributed by atoms with E-state index in [1.165, 1.54) is 42.0 Å². The van der Waals surface area contributed by atoms with Gasteiger partial charge in [0.15, 0.2) is 5.69 Å². The molecule has 1 aromatic carbocycles. The highest BCUT2D eigenvalue weighted by molar-refractivity contribution is 7.89. The summed E-state index contributed by atoms with van der Waals surface area (Å²) < 4.78 is 37.4. The summed E-state index contributed by atoms with van der Waals surface area (Å²) in [5.74, 6) is 0.398. The first kappa shape index (κ1) is 21.3. The van der Waals surface area contributed by atoms with Crippen LogP contribution in [0.1, 0.15) is 35.8 Å². The van der Waals surface area contributed by atoms with Crippen LogP contribution in [0.3, 0.4) is 0 Å². The van der Waals surface area contributed by atoms with E-state index in [1.807, 2.05) is 13.8 Å². The SMILES string of the molecule is COC(=O)c1csc(CN(CCC(C)C)S(=O)(=O)c2ccc(OC)cc2)n1. The Morgan fingerprint density at radius 3 is 2.44 bits per heavy atom. The van der Waals surface area contributed by atoms with E-state index in [0.29, 0.717) is 29.6 Å². The van der Waals surface area contributed by atoms with Crippen LogP contribution in [0.4, 0.5) is 0 Å². The summed E-state index contributed by atoms with van der Waals surface area (Å²) >= 11 is 1.24. The molecule has 27 heavy (non-hydrogen) atoms. The van der Waals surface area contributed by atoms with E-state index in [9.17, 15) is 13.2 Å². The van der Waals surface area contributed by atoms with Crippen molar-refractivity contribution in [3.8, 4) is 5.75 Å². The second-order valence-electron chi connectivity index (χ2n) is 6.31. The van der Waals surface area contributed by atoms with Crippen molar-refractivity contribution < 1.29 is 22.7 Å². The number of hydrogen-bond donors (Lipinski definition) is 0. The van der Waals surface area contributed by atoms with Crippen LogP contribution in [-0.2, 0) is 21.3 Å². The lowest BCUT2D eigenvalue weighted by Gasteiger charge is -2.22. The average Bonchev–Trinajstić information content (AvgIpc) is 3.12. The monoisotopic (exact) mass is 412 g/mol. The molecule has 0 aliphatic carbocycles. The zero-order chi connectivity index (χ0) is 20.0. The Morgan fingerprint density at radius 1 is 1.22 bits per heavy atom. The Morgan fingerprint density at radius 2 is 1.89 bits per heavy atom. The first-order valence-electron chi connectivity index (χ1n) is 8.44. The first-order chi connectivity index (χ1) is 12.8. The van der Waals surface area contributed by atoms with Crippen LogP contribution in [-0.4, -0.2) is 44.4 Å². The van der Waals surface area contributed by atoms with E-state index in [1.54, 1.807) is 17.5 Å². The molecule has 0 spiro atoms. The summed E-state index contributed by atoms with van der Waals surface area (Å²) in [7, 11) is -0.898. The number of thiazole rings is 1. The third-order valence-electron chi connectivity index (χ3n) is 3.91. The van der Waals surface area contributed by atoms with E-state index in [4.69, 9.17) is 4.74 Å². The first-order valence-corrected chi connectivity index (χ1v) is 10.8. The van der Waals surface area contributed by atoms with Crippen molar-refractivity contribution >= 4 is 27.3 Å². The predicted molar refractivity (Wildman–Crippen MR) is 103 cm³/mol. The summed E-state index contributed by atoms with van der Waals surface area (Å²) in [4.78, 5) is 16.0. The maximum absolute atomic E-state index is 13.1. The molecule has 0 aliphatic rings. The Hall–Kier alpha value is -1.97. The minimum Gasteiger partial charge on any atom is -0.497 e. The number of aromatic nitrogens is 1. The molecule has 0 saturated heterocycles.